The van der Waals surface area contributed by atoms with Crippen molar-refractivity contribution in [1.82, 2.24) is 0 Å². The van der Waals surface area contributed by atoms with Crippen molar-refractivity contribution in [3.63, 3.8) is 0 Å². The Balaban J connectivity index is 2.19. The van der Waals surface area contributed by atoms with Crippen LogP contribution in [0.5, 0.6) is 0 Å². The number of rotatable bonds is 6. The Hall–Kier alpha value is -1.86. The van der Waals surface area contributed by atoms with E-state index < -0.39 is 0 Å². The van der Waals surface area contributed by atoms with E-state index in [4.69, 9.17) is 0 Å². The van der Waals surface area contributed by atoms with E-state index in [1.807, 2.05) is 19.1 Å². The first-order valence-corrected chi connectivity index (χ1v) is 7.26. The molecule has 0 amide bonds. The molecule has 0 aliphatic rings. The molecule has 0 aliphatic heterocycles. The quantitative estimate of drug-likeness (QED) is 0.753. The Morgan fingerprint density at radius 2 is 1.45 bits per heavy atom. The molecule has 2 aromatic rings. The van der Waals surface area contributed by atoms with Gasteiger partial charge in [0.2, 0.25) is 0 Å². The topological polar surface area (TPSA) is 20.2 Å². The lowest BCUT2D eigenvalue weighted by molar-refractivity contribution is 0.182. The van der Waals surface area contributed by atoms with E-state index in [0.717, 1.165) is 19.3 Å². The van der Waals surface area contributed by atoms with Crippen molar-refractivity contribution < 1.29 is 5.11 Å². The van der Waals surface area contributed by atoms with Gasteiger partial charge in [0.15, 0.2) is 0 Å². The molecule has 0 aromatic heterocycles. The van der Waals surface area contributed by atoms with E-state index in [-0.39, 0.29) is 6.10 Å². The van der Waals surface area contributed by atoms with Crippen molar-refractivity contribution in [3.05, 3.63) is 77.9 Å². The molecule has 0 saturated heterocycles. The maximum atomic E-state index is 9.33. The predicted octanol–water partition coefficient (Wildman–Crippen LogP) is 4.67. The zero-order valence-corrected chi connectivity index (χ0v) is 12.0. The van der Waals surface area contributed by atoms with Gasteiger partial charge < -0.3 is 5.11 Å². The maximum absolute atomic E-state index is 9.33. The Morgan fingerprint density at radius 3 is 1.90 bits per heavy atom. The zero-order chi connectivity index (χ0) is 14.2. The summed E-state index contributed by atoms with van der Waals surface area (Å²) in [6, 6.07) is 21.0. The molecule has 1 unspecified atom stereocenters. The average molecular weight is 266 g/mol. The van der Waals surface area contributed by atoms with Gasteiger partial charge in [-0.25, -0.2) is 0 Å². The summed E-state index contributed by atoms with van der Waals surface area (Å²) in [7, 11) is 0. The van der Waals surface area contributed by atoms with Crippen LogP contribution in [-0.4, -0.2) is 11.2 Å². The number of aliphatic hydroxyl groups excluding tert-OH is 1. The van der Waals surface area contributed by atoms with Gasteiger partial charge in [0, 0.05) is 0 Å². The van der Waals surface area contributed by atoms with Crippen molar-refractivity contribution >= 4 is 5.57 Å². The fourth-order valence-electron chi connectivity index (χ4n) is 2.30. The van der Waals surface area contributed by atoms with Crippen LogP contribution in [0.1, 0.15) is 37.3 Å². The van der Waals surface area contributed by atoms with Crippen LogP contribution >= 0.6 is 0 Å². The number of unbranched alkanes of at least 4 members (excludes halogenated alkanes) is 1. The molecule has 0 radical (unpaired) electrons. The van der Waals surface area contributed by atoms with Crippen molar-refractivity contribution in [2.75, 3.05) is 0 Å². The first kappa shape index (κ1) is 14.5. The maximum Gasteiger partial charge on any atom is 0.0512 e. The Kier molecular flexibility index (Phi) is 5.57. The number of allylic oxidation sites excluding steroid dienone is 1. The highest BCUT2D eigenvalue weighted by molar-refractivity contribution is 5.79. The summed E-state index contributed by atoms with van der Waals surface area (Å²) in [6.07, 6.45) is 4.94. The van der Waals surface area contributed by atoms with E-state index in [2.05, 4.69) is 54.6 Å². The minimum Gasteiger partial charge on any atom is -0.393 e. The van der Waals surface area contributed by atoms with Crippen LogP contribution < -0.4 is 0 Å². The van der Waals surface area contributed by atoms with Gasteiger partial charge in [-0.05, 0) is 42.9 Å². The normalized spacial score (nSPS) is 11.9. The number of hydrogen-bond donors (Lipinski definition) is 1. The Morgan fingerprint density at radius 1 is 0.950 bits per heavy atom. The first-order valence-electron chi connectivity index (χ1n) is 7.26. The monoisotopic (exact) mass is 266 g/mol. The molecular formula is C19H22O. The van der Waals surface area contributed by atoms with Crippen molar-refractivity contribution in [2.45, 2.75) is 32.3 Å². The van der Waals surface area contributed by atoms with Gasteiger partial charge in [-0.1, -0.05) is 66.7 Å². The summed E-state index contributed by atoms with van der Waals surface area (Å²) in [5.41, 5.74) is 3.77. The van der Waals surface area contributed by atoms with E-state index >= 15 is 0 Å². The third-order valence-electron chi connectivity index (χ3n) is 3.34. The summed E-state index contributed by atoms with van der Waals surface area (Å²) in [5, 5.41) is 9.33. The molecule has 0 heterocycles. The minimum atomic E-state index is -0.208. The van der Waals surface area contributed by atoms with E-state index in [1.165, 1.54) is 16.7 Å². The smallest absolute Gasteiger partial charge is 0.0512 e. The molecule has 0 fully saturated rings. The number of hydrogen-bond acceptors (Lipinski definition) is 1. The van der Waals surface area contributed by atoms with Crippen LogP contribution in [0, 0.1) is 0 Å². The summed E-state index contributed by atoms with van der Waals surface area (Å²) in [4.78, 5) is 0. The van der Waals surface area contributed by atoms with E-state index in [0.29, 0.717) is 0 Å². The highest BCUT2D eigenvalue weighted by atomic mass is 16.3. The third kappa shape index (κ3) is 4.36. The third-order valence-corrected chi connectivity index (χ3v) is 3.34. The second-order valence-electron chi connectivity index (χ2n) is 5.13. The van der Waals surface area contributed by atoms with Gasteiger partial charge in [0.1, 0.15) is 0 Å². The van der Waals surface area contributed by atoms with Crippen LogP contribution in [0.3, 0.4) is 0 Å². The van der Waals surface area contributed by atoms with Crippen molar-refractivity contribution in [2.24, 2.45) is 0 Å². The summed E-state index contributed by atoms with van der Waals surface area (Å²) in [5.74, 6) is 0. The van der Waals surface area contributed by atoms with Gasteiger partial charge in [-0.3, -0.25) is 0 Å². The second-order valence-corrected chi connectivity index (χ2v) is 5.13. The summed E-state index contributed by atoms with van der Waals surface area (Å²) >= 11 is 0. The predicted molar refractivity (Wildman–Crippen MR) is 85.5 cm³/mol. The highest BCUT2D eigenvalue weighted by Crippen LogP contribution is 2.24. The Labute approximate surface area is 121 Å². The van der Waals surface area contributed by atoms with E-state index in [9.17, 15) is 5.11 Å². The van der Waals surface area contributed by atoms with Crippen LogP contribution in [0.15, 0.2) is 66.7 Å². The molecule has 0 spiro atoms. The van der Waals surface area contributed by atoms with Gasteiger partial charge in [0.05, 0.1) is 6.10 Å². The average Bonchev–Trinajstić information content (AvgIpc) is 2.49. The lowest BCUT2D eigenvalue weighted by atomic mass is 9.96. The van der Waals surface area contributed by atoms with Gasteiger partial charge in [-0.2, -0.15) is 0 Å². The molecule has 0 aliphatic carbocycles. The molecule has 1 atom stereocenters. The SMILES string of the molecule is CC(O)CCCC=C(c1ccccc1)c1ccccc1. The minimum absolute atomic E-state index is 0.208. The van der Waals surface area contributed by atoms with Gasteiger partial charge in [-0.15, -0.1) is 0 Å². The first-order chi connectivity index (χ1) is 9.77. The molecular weight excluding hydrogens is 244 g/mol. The molecule has 2 aromatic carbocycles. The molecule has 2 rings (SSSR count). The summed E-state index contributed by atoms with van der Waals surface area (Å²) < 4.78 is 0. The fraction of sp³-hybridized carbons (Fsp3) is 0.263. The molecule has 20 heavy (non-hydrogen) atoms. The number of aliphatic hydroxyl groups is 1. The van der Waals surface area contributed by atoms with Crippen LogP contribution in [-0.2, 0) is 0 Å². The molecule has 1 N–H and O–H groups in total. The van der Waals surface area contributed by atoms with Crippen LogP contribution in [0.25, 0.3) is 5.57 Å². The van der Waals surface area contributed by atoms with Gasteiger partial charge >= 0.3 is 0 Å². The van der Waals surface area contributed by atoms with Crippen molar-refractivity contribution in [1.29, 1.82) is 0 Å². The second kappa shape index (κ2) is 7.66. The molecule has 1 nitrogen and oxygen atoms in total. The summed E-state index contributed by atoms with van der Waals surface area (Å²) in [6.45, 7) is 1.85. The highest BCUT2D eigenvalue weighted by Gasteiger charge is 2.03. The van der Waals surface area contributed by atoms with Gasteiger partial charge in [0.25, 0.3) is 0 Å². The Bertz CT molecular complexity index is 485. The standard InChI is InChI=1S/C19H22O/c1-16(20)10-8-9-15-19(17-11-4-2-5-12-17)18-13-6-3-7-14-18/h2-7,11-16,20H,8-10H2,1H3. The number of benzene rings is 2. The lowest BCUT2D eigenvalue weighted by Crippen LogP contribution is -1.97. The molecule has 0 saturated carbocycles. The molecule has 104 valence electrons. The fourth-order valence-corrected chi connectivity index (χ4v) is 2.30. The zero-order valence-electron chi connectivity index (χ0n) is 12.0. The van der Waals surface area contributed by atoms with E-state index in [1.54, 1.807) is 0 Å². The molecule has 0 bridgehead atoms. The largest absolute Gasteiger partial charge is 0.393 e. The molecule has 1 heteroatoms. The van der Waals surface area contributed by atoms with Crippen LogP contribution in [0.2, 0.25) is 0 Å². The van der Waals surface area contributed by atoms with Crippen LogP contribution in [0.4, 0.5) is 0 Å². The lowest BCUT2D eigenvalue weighted by Gasteiger charge is -2.09. The van der Waals surface area contributed by atoms with Crippen molar-refractivity contribution in [3.8, 4) is 0 Å².